The maximum atomic E-state index is 14.8. The van der Waals surface area contributed by atoms with Gasteiger partial charge >= 0.3 is 6.03 Å². The molecule has 0 unspecified atom stereocenters. The lowest BCUT2D eigenvalue weighted by Gasteiger charge is -2.16. The van der Waals surface area contributed by atoms with Crippen LogP contribution in [0.4, 0.5) is 19.3 Å². The Morgan fingerprint density at radius 2 is 2.07 bits per heavy atom. The second-order valence-corrected chi connectivity index (χ2v) is 9.74. The largest absolute Gasteiger partial charge is 0.472 e. The predicted octanol–water partition coefficient (Wildman–Crippen LogP) is 2.66. The number of urea groups is 1. The summed E-state index contributed by atoms with van der Waals surface area (Å²) >= 11 is 0. The smallest absolute Gasteiger partial charge is 0.354 e. The summed E-state index contributed by atoms with van der Waals surface area (Å²) < 4.78 is 52.6. The molecule has 0 radical (unpaired) electrons. The van der Waals surface area contributed by atoms with Crippen LogP contribution in [0, 0.1) is 5.82 Å². The molecule has 3 aliphatic rings. The van der Waals surface area contributed by atoms with E-state index in [1.165, 1.54) is 10.9 Å². The molecule has 0 fully saturated rings. The average Bonchev–Trinajstić information content (AvgIpc) is 3.40. The second-order valence-electron chi connectivity index (χ2n) is 7.98. The number of nitrogens with zero attached hydrogens (tertiary/aromatic N) is 3. The Morgan fingerprint density at radius 3 is 2.87 bits per heavy atom. The summed E-state index contributed by atoms with van der Waals surface area (Å²) in [6.45, 7) is 2.31. The van der Waals surface area contributed by atoms with Crippen LogP contribution in [0.25, 0.3) is 0 Å². The van der Waals surface area contributed by atoms with Crippen molar-refractivity contribution < 1.29 is 22.5 Å². The zero-order chi connectivity index (χ0) is 21.2. The third kappa shape index (κ3) is 2.99. The zero-order valence-corrected chi connectivity index (χ0v) is 17.1. The van der Waals surface area contributed by atoms with Gasteiger partial charge in [0.25, 0.3) is 0 Å². The number of aromatic nitrogens is 2. The SMILES string of the molecule is C[C@H]1Cn2ncc([S@](N)(=O)=NC(=O)Nc3c4c(c(F)c5c3C[C@H](F)C5)CCC4)c2O1. The highest BCUT2D eigenvalue weighted by atomic mass is 32.2. The molecule has 2 heterocycles. The number of nitrogens with one attached hydrogen (secondary N) is 1. The third-order valence-corrected chi connectivity index (χ3v) is 7.18. The van der Waals surface area contributed by atoms with Gasteiger partial charge in [-0.05, 0) is 48.4 Å². The first kappa shape index (κ1) is 19.4. The van der Waals surface area contributed by atoms with Crippen molar-refractivity contribution in [2.75, 3.05) is 5.32 Å². The van der Waals surface area contributed by atoms with E-state index in [1.54, 1.807) is 0 Å². The van der Waals surface area contributed by atoms with Crippen molar-refractivity contribution >= 4 is 21.6 Å². The number of hydrogen-bond acceptors (Lipinski definition) is 4. The van der Waals surface area contributed by atoms with Crippen LogP contribution in [-0.2, 0) is 42.1 Å². The van der Waals surface area contributed by atoms with Crippen LogP contribution in [0.15, 0.2) is 15.5 Å². The Labute approximate surface area is 172 Å². The number of benzene rings is 1. The number of carbonyl (C=O) groups is 1. The van der Waals surface area contributed by atoms with Gasteiger partial charge in [-0.1, -0.05) is 0 Å². The van der Waals surface area contributed by atoms with Gasteiger partial charge in [0.05, 0.1) is 12.7 Å². The van der Waals surface area contributed by atoms with Gasteiger partial charge in [-0.3, -0.25) is 0 Å². The van der Waals surface area contributed by atoms with Crippen molar-refractivity contribution in [1.29, 1.82) is 0 Å². The number of ether oxygens (including phenoxy) is 1. The standard InChI is InChI=1S/C19H21F2N5O3S/c1-9-8-26-18(29-9)15(7-23-26)30(22,28)25-19(27)24-17-12-4-2-3-11(12)16(21)13-5-10(20)6-14(13)17/h7,9-10H,2-6,8H2,1H3,(H3,22,24,25,27,28)/t9-,10+,30+/m0/s1. The van der Waals surface area contributed by atoms with Crippen molar-refractivity contribution in [3.05, 3.63) is 34.3 Å². The number of carbonyl (C=O) groups excluding carboxylic acids is 1. The minimum absolute atomic E-state index is 0.0137. The molecule has 2 amide bonds. The zero-order valence-electron chi connectivity index (χ0n) is 16.3. The topological polar surface area (TPSA) is 112 Å². The number of alkyl halides is 1. The molecule has 3 N–H and O–H groups in total. The minimum Gasteiger partial charge on any atom is -0.472 e. The summed E-state index contributed by atoms with van der Waals surface area (Å²) in [7, 11) is -3.63. The van der Waals surface area contributed by atoms with Gasteiger partial charge in [0, 0.05) is 18.5 Å². The first-order valence-corrected chi connectivity index (χ1v) is 11.4. The maximum absolute atomic E-state index is 14.8. The van der Waals surface area contributed by atoms with Crippen LogP contribution in [0.3, 0.4) is 0 Å². The number of fused-ring (bicyclic) bond motifs is 3. The first-order valence-electron chi connectivity index (χ1n) is 9.82. The summed E-state index contributed by atoms with van der Waals surface area (Å²) in [6.07, 6.45) is 1.80. The first-order chi connectivity index (χ1) is 14.2. The van der Waals surface area contributed by atoms with Crippen LogP contribution in [0.2, 0.25) is 0 Å². The van der Waals surface area contributed by atoms with E-state index in [4.69, 9.17) is 9.88 Å². The summed E-state index contributed by atoms with van der Waals surface area (Å²) in [4.78, 5) is 12.7. The lowest BCUT2D eigenvalue weighted by atomic mass is 9.98. The molecule has 0 saturated heterocycles. The Kier molecular flexibility index (Phi) is 4.37. The van der Waals surface area contributed by atoms with E-state index in [0.29, 0.717) is 47.3 Å². The van der Waals surface area contributed by atoms with Crippen molar-refractivity contribution in [3.63, 3.8) is 0 Å². The van der Waals surface area contributed by atoms with Crippen LogP contribution >= 0.6 is 0 Å². The van der Waals surface area contributed by atoms with E-state index in [0.717, 1.165) is 6.42 Å². The maximum Gasteiger partial charge on any atom is 0.354 e. The molecule has 160 valence electrons. The van der Waals surface area contributed by atoms with Crippen LogP contribution < -0.4 is 15.2 Å². The summed E-state index contributed by atoms with van der Waals surface area (Å²) in [5.41, 5.74) is 2.33. The van der Waals surface area contributed by atoms with Gasteiger partial charge in [0.2, 0.25) is 5.88 Å². The fourth-order valence-corrected chi connectivity index (χ4v) is 5.59. The Bertz CT molecular complexity index is 1200. The van der Waals surface area contributed by atoms with Gasteiger partial charge in [-0.25, -0.2) is 27.6 Å². The molecule has 3 atom stereocenters. The van der Waals surface area contributed by atoms with Crippen molar-refractivity contribution in [2.24, 2.45) is 9.50 Å². The molecule has 1 aliphatic heterocycles. The molecule has 8 nitrogen and oxygen atoms in total. The number of halogens is 2. The quantitative estimate of drug-likeness (QED) is 0.752. The lowest BCUT2D eigenvalue weighted by molar-refractivity contribution is 0.248. The summed E-state index contributed by atoms with van der Waals surface area (Å²) in [5.74, 6) is -0.132. The van der Waals surface area contributed by atoms with Gasteiger partial charge in [-0.15, -0.1) is 4.36 Å². The molecular formula is C19H21F2N5O3S. The summed E-state index contributed by atoms with van der Waals surface area (Å²) in [6, 6.07) is -0.932. The van der Waals surface area contributed by atoms with E-state index in [1.807, 2.05) is 6.92 Å². The molecule has 5 rings (SSSR count). The lowest BCUT2D eigenvalue weighted by Crippen LogP contribution is -2.19. The highest BCUT2D eigenvalue weighted by Crippen LogP contribution is 2.41. The molecule has 0 saturated carbocycles. The molecule has 1 aromatic carbocycles. The van der Waals surface area contributed by atoms with E-state index in [9.17, 15) is 17.8 Å². The number of amides is 2. The number of rotatable bonds is 2. The van der Waals surface area contributed by atoms with Gasteiger partial charge in [0.15, 0.2) is 9.92 Å². The van der Waals surface area contributed by atoms with Crippen molar-refractivity contribution in [3.8, 4) is 5.88 Å². The number of hydrogen-bond donors (Lipinski definition) is 2. The van der Waals surface area contributed by atoms with Gasteiger partial charge in [-0.2, -0.15) is 5.10 Å². The minimum atomic E-state index is -3.63. The molecule has 2 aromatic rings. The van der Waals surface area contributed by atoms with Crippen LogP contribution in [0.5, 0.6) is 5.88 Å². The molecule has 1 aromatic heterocycles. The number of nitrogens with two attached hydrogens (primary N) is 1. The van der Waals surface area contributed by atoms with Gasteiger partial charge in [0.1, 0.15) is 23.0 Å². The monoisotopic (exact) mass is 437 g/mol. The fourth-order valence-electron chi connectivity index (χ4n) is 4.59. The fraction of sp³-hybridized carbons (Fsp3) is 0.474. The average molecular weight is 437 g/mol. The Balaban J connectivity index is 1.51. The molecule has 30 heavy (non-hydrogen) atoms. The molecule has 0 spiro atoms. The normalized spacial score (nSPS) is 23.3. The van der Waals surface area contributed by atoms with E-state index >= 15 is 0 Å². The van der Waals surface area contributed by atoms with Crippen LogP contribution in [-0.4, -0.2) is 32.3 Å². The van der Waals surface area contributed by atoms with Gasteiger partial charge < -0.3 is 10.1 Å². The molecular weight excluding hydrogens is 416 g/mol. The second kappa shape index (κ2) is 6.74. The number of anilines is 1. The predicted molar refractivity (Wildman–Crippen MR) is 105 cm³/mol. The molecule has 2 aliphatic carbocycles. The molecule has 11 heteroatoms. The van der Waals surface area contributed by atoms with E-state index in [-0.39, 0.29) is 35.5 Å². The Hall–Kier alpha value is -2.53. The van der Waals surface area contributed by atoms with E-state index < -0.39 is 22.1 Å². The van der Waals surface area contributed by atoms with E-state index in [2.05, 4.69) is 14.8 Å². The third-order valence-electron chi connectivity index (χ3n) is 5.83. The highest BCUT2D eigenvalue weighted by molar-refractivity contribution is 7.91. The van der Waals surface area contributed by atoms with Crippen molar-refractivity contribution in [2.45, 2.75) is 62.7 Å². The molecule has 0 bridgehead atoms. The summed E-state index contributed by atoms with van der Waals surface area (Å²) in [5, 5.41) is 12.6. The highest BCUT2D eigenvalue weighted by Gasteiger charge is 2.34. The van der Waals surface area contributed by atoms with Crippen molar-refractivity contribution in [1.82, 2.24) is 9.78 Å². The van der Waals surface area contributed by atoms with Crippen LogP contribution in [0.1, 0.15) is 35.6 Å². The Morgan fingerprint density at radius 1 is 1.33 bits per heavy atom.